The van der Waals surface area contributed by atoms with Crippen LogP contribution in [-0.2, 0) is 16.0 Å². The fraction of sp³-hybridized carbons (Fsp3) is 0.429. The molecule has 0 saturated carbocycles. The van der Waals surface area contributed by atoms with E-state index in [9.17, 15) is 4.79 Å². The highest BCUT2D eigenvalue weighted by atomic mass is 16.5. The molecule has 1 heterocycles. The smallest absolute Gasteiger partial charge is 0.311 e. The molecular formula is C7H11N3O2. The Kier molecular flexibility index (Phi) is 2.68. The normalized spacial score (nSPS) is 9.75. The van der Waals surface area contributed by atoms with Gasteiger partial charge in [-0.25, -0.2) is 4.98 Å². The Balaban J connectivity index is 2.46. The molecule has 12 heavy (non-hydrogen) atoms. The average molecular weight is 169 g/mol. The number of ether oxygens (including phenoxy) is 1. The lowest BCUT2D eigenvalue weighted by Crippen LogP contribution is -2.07. The molecule has 0 aliphatic heterocycles. The van der Waals surface area contributed by atoms with Crippen LogP contribution in [0, 0.1) is 0 Å². The summed E-state index contributed by atoms with van der Waals surface area (Å²) in [6.07, 6.45) is 1.76. The fourth-order valence-corrected chi connectivity index (χ4v) is 0.827. The van der Waals surface area contributed by atoms with Crippen molar-refractivity contribution in [2.75, 3.05) is 12.3 Å². The van der Waals surface area contributed by atoms with E-state index < -0.39 is 0 Å². The van der Waals surface area contributed by atoms with Gasteiger partial charge in [-0.2, -0.15) is 0 Å². The first-order chi connectivity index (χ1) is 5.72. The number of nitrogens with zero attached hydrogens (tertiary/aromatic N) is 1. The van der Waals surface area contributed by atoms with E-state index in [2.05, 4.69) is 9.97 Å². The first-order valence-electron chi connectivity index (χ1n) is 3.67. The minimum absolute atomic E-state index is 0.168. The molecule has 0 saturated heterocycles. The van der Waals surface area contributed by atoms with Crippen molar-refractivity contribution in [2.45, 2.75) is 13.3 Å². The predicted molar refractivity (Wildman–Crippen MR) is 43.3 cm³/mol. The van der Waals surface area contributed by atoms with Crippen LogP contribution in [0.4, 0.5) is 5.95 Å². The number of carbonyl (C=O) groups is 1. The highest BCUT2D eigenvalue weighted by Gasteiger charge is 2.05. The number of aromatic nitrogens is 2. The van der Waals surface area contributed by atoms with Crippen LogP contribution in [0.5, 0.6) is 0 Å². The second-order valence-corrected chi connectivity index (χ2v) is 2.26. The molecule has 5 nitrogen and oxygen atoms in total. The van der Waals surface area contributed by atoms with Gasteiger partial charge in [0.15, 0.2) is 5.95 Å². The lowest BCUT2D eigenvalue weighted by atomic mass is 10.3. The Morgan fingerprint density at radius 3 is 3.08 bits per heavy atom. The van der Waals surface area contributed by atoms with Crippen molar-refractivity contribution < 1.29 is 9.53 Å². The van der Waals surface area contributed by atoms with Crippen LogP contribution in [0.25, 0.3) is 0 Å². The molecule has 5 heteroatoms. The number of carbonyl (C=O) groups excluding carboxylic acids is 1. The van der Waals surface area contributed by atoms with Gasteiger partial charge < -0.3 is 15.5 Å². The number of H-pyrrole nitrogens is 1. The number of hydrogen-bond donors (Lipinski definition) is 2. The maximum absolute atomic E-state index is 10.9. The van der Waals surface area contributed by atoms with Crippen molar-refractivity contribution in [2.24, 2.45) is 0 Å². The van der Waals surface area contributed by atoms with E-state index in [4.69, 9.17) is 10.5 Å². The van der Waals surface area contributed by atoms with Gasteiger partial charge in [-0.1, -0.05) is 0 Å². The summed E-state index contributed by atoms with van der Waals surface area (Å²) in [7, 11) is 0. The first-order valence-corrected chi connectivity index (χ1v) is 3.67. The topological polar surface area (TPSA) is 81.0 Å². The summed E-state index contributed by atoms with van der Waals surface area (Å²) < 4.78 is 4.72. The van der Waals surface area contributed by atoms with Crippen molar-refractivity contribution in [1.29, 1.82) is 0 Å². The maximum atomic E-state index is 10.9. The third-order valence-corrected chi connectivity index (χ3v) is 1.28. The number of hydrogen-bond acceptors (Lipinski definition) is 4. The zero-order valence-electron chi connectivity index (χ0n) is 6.83. The monoisotopic (exact) mass is 169 g/mol. The summed E-state index contributed by atoms with van der Waals surface area (Å²) in [5, 5.41) is 0. The van der Waals surface area contributed by atoms with Crippen LogP contribution in [0.3, 0.4) is 0 Å². The van der Waals surface area contributed by atoms with Gasteiger partial charge in [0.2, 0.25) is 0 Å². The third kappa shape index (κ3) is 2.26. The van der Waals surface area contributed by atoms with Gasteiger partial charge in [-0.05, 0) is 6.92 Å². The Morgan fingerprint density at radius 1 is 1.83 bits per heavy atom. The Labute approximate surface area is 69.9 Å². The summed E-state index contributed by atoms with van der Waals surface area (Å²) in [5.41, 5.74) is 5.91. The van der Waals surface area contributed by atoms with Crippen LogP contribution in [0.1, 0.15) is 12.6 Å². The highest BCUT2D eigenvalue weighted by molar-refractivity contribution is 5.71. The maximum Gasteiger partial charge on any atom is 0.311 e. The molecule has 3 N–H and O–H groups in total. The molecule has 0 aliphatic carbocycles. The van der Waals surface area contributed by atoms with Gasteiger partial charge in [0.1, 0.15) is 0 Å². The first kappa shape index (κ1) is 8.58. The van der Waals surface area contributed by atoms with E-state index in [1.54, 1.807) is 13.1 Å². The highest BCUT2D eigenvalue weighted by Crippen LogP contribution is 1.99. The van der Waals surface area contributed by atoms with Crippen LogP contribution in [-0.4, -0.2) is 22.5 Å². The standard InChI is InChI=1S/C7H11N3O2/c1-2-12-6(11)3-5-4-9-7(8)10-5/h4H,2-3H2,1H3,(H3,8,9,10). The van der Waals surface area contributed by atoms with Crippen molar-refractivity contribution in [1.82, 2.24) is 9.97 Å². The van der Waals surface area contributed by atoms with Gasteiger partial charge >= 0.3 is 5.97 Å². The van der Waals surface area contributed by atoms with Crippen LogP contribution in [0.15, 0.2) is 6.20 Å². The van der Waals surface area contributed by atoms with E-state index in [1.165, 1.54) is 0 Å². The van der Waals surface area contributed by atoms with Crippen LogP contribution in [0.2, 0.25) is 0 Å². The third-order valence-electron chi connectivity index (χ3n) is 1.28. The van der Waals surface area contributed by atoms with E-state index in [0.29, 0.717) is 18.2 Å². The second kappa shape index (κ2) is 3.75. The number of nitrogens with one attached hydrogen (secondary N) is 1. The molecule has 0 bridgehead atoms. The van der Waals surface area contributed by atoms with Crippen molar-refractivity contribution >= 4 is 11.9 Å². The molecule has 0 radical (unpaired) electrons. The lowest BCUT2D eigenvalue weighted by Gasteiger charge is -1.97. The van der Waals surface area contributed by atoms with Gasteiger partial charge in [-0.3, -0.25) is 4.79 Å². The molecule has 66 valence electrons. The molecular weight excluding hydrogens is 158 g/mol. The summed E-state index contributed by atoms with van der Waals surface area (Å²) in [6, 6.07) is 0. The second-order valence-electron chi connectivity index (χ2n) is 2.26. The summed E-state index contributed by atoms with van der Waals surface area (Å²) in [5.74, 6) is 0.0262. The number of aromatic amines is 1. The van der Waals surface area contributed by atoms with Crippen molar-refractivity contribution in [3.05, 3.63) is 11.9 Å². The Hall–Kier alpha value is -1.52. The van der Waals surface area contributed by atoms with Gasteiger partial charge in [0.05, 0.1) is 18.7 Å². The van der Waals surface area contributed by atoms with Crippen LogP contribution < -0.4 is 5.73 Å². The number of nitrogen functional groups attached to an aromatic ring is 1. The van der Waals surface area contributed by atoms with Crippen molar-refractivity contribution in [3.8, 4) is 0 Å². The fourth-order valence-electron chi connectivity index (χ4n) is 0.827. The average Bonchev–Trinajstić information content (AvgIpc) is 2.36. The molecule has 0 spiro atoms. The minimum Gasteiger partial charge on any atom is -0.466 e. The molecule has 1 rings (SSSR count). The molecule has 0 aromatic carbocycles. The summed E-state index contributed by atoms with van der Waals surface area (Å²) in [4.78, 5) is 17.4. The summed E-state index contributed by atoms with van der Waals surface area (Å²) >= 11 is 0. The SMILES string of the molecule is CCOC(=O)Cc1c[nH]c(N)n1. The number of nitrogens with two attached hydrogens (primary N) is 1. The Morgan fingerprint density at radius 2 is 2.58 bits per heavy atom. The Bertz CT molecular complexity index is 269. The van der Waals surface area contributed by atoms with Crippen molar-refractivity contribution in [3.63, 3.8) is 0 Å². The largest absolute Gasteiger partial charge is 0.466 e. The molecule has 1 aromatic heterocycles. The van der Waals surface area contributed by atoms with E-state index in [-0.39, 0.29) is 12.4 Å². The number of esters is 1. The van der Waals surface area contributed by atoms with Gasteiger partial charge in [-0.15, -0.1) is 0 Å². The number of anilines is 1. The van der Waals surface area contributed by atoms with Gasteiger partial charge in [0, 0.05) is 6.20 Å². The quantitative estimate of drug-likeness (QED) is 0.628. The minimum atomic E-state index is -0.288. The number of imidazole rings is 1. The van der Waals surface area contributed by atoms with Gasteiger partial charge in [0.25, 0.3) is 0 Å². The molecule has 0 unspecified atom stereocenters. The van der Waals surface area contributed by atoms with E-state index >= 15 is 0 Å². The predicted octanol–water partition coefficient (Wildman–Crippen LogP) is 0.0975. The van der Waals surface area contributed by atoms with E-state index in [1.807, 2.05) is 0 Å². The molecule has 0 aliphatic rings. The number of rotatable bonds is 3. The molecule has 0 fully saturated rings. The van der Waals surface area contributed by atoms with E-state index in [0.717, 1.165) is 0 Å². The summed E-state index contributed by atoms with van der Waals surface area (Å²) in [6.45, 7) is 2.15. The zero-order valence-corrected chi connectivity index (χ0v) is 6.83. The lowest BCUT2D eigenvalue weighted by molar-refractivity contribution is -0.142. The zero-order chi connectivity index (χ0) is 8.97. The van der Waals surface area contributed by atoms with Crippen LogP contribution >= 0.6 is 0 Å². The molecule has 0 amide bonds. The molecule has 0 atom stereocenters. The molecule has 1 aromatic rings.